The smallest absolute Gasteiger partial charge is 0.338 e. The number of amides is 1. The summed E-state index contributed by atoms with van der Waals surface area (Å²) in [7, 11) is 0. The Morgan fingerprint density at radius 1 is 1.26 bits per heavy atom. The van der Waals surface area contributed by atoms with E-state index in [1.165, 1.54) is 23.5 Å². The molecule has 0 bridgehead atoms. The van der Waals surface area contributed by atoms with E-state index in [1.807, 2.05) is 41.5 Å². The summed E-state index contributed by atoms with van der Waals surface area (Å²) in [6, 6.07) is 12.2. The van der Waals surface area contributed by atoms with E-state index in [0.717, 1.165) is 42.8 Å². The number of aryl methyl sites for hydroxylation is 1. The van der Waals surface area contributed by atoms with Crippen molar-refractivity contribution in [2.75, 3.05) is 29.9 Å². The monoisotopic (exact) mass is 494 g/mol. The standard InChI is InChI=1S/C25H26N4O5S/c1-16-5-7-18(8-6-16)20-15-35-25(26-20)27-23(30)14-34-24(31)19-9-10-21(22(12-19)29(32)33)28-11-3-4-17(2)13-28/h5-10,12,15,17H,3-4,11,13-14H2,1-2H3,(H,26,27,30). The van der Waals surface area contributed by atoms with Crippen molar-refractivity contribution in [3.63, 3.8) is 0 Å². The number of hydrogen-bond acceptors (Lipinski definition) is 8. The van der Waals surface area contributed by atoms with E-state index < -0.39 is 23.4 Å². The van der Waals surface area contributed by atoms with Crippen molar-refractivity contribution < 1.29 is 19.2 Å². The average molecular weight is 495 g/mol. The Hall–Kier alpha value is -3.79. The molecule has 0 saturated carbocycles. The van der Waals surface area contributed by atoms with E-state index in [0.29, 0.717) is 16.7 Å². The largest absolute Gasteiger partial charge is 0.452 e. The van der Waals surface area contributed by atoms with Crippen molar-refractivity contribution in [2.45, 2.75) is 26.7 Å². The van der Waals surface area contributed by atoms with Crippen LogP contribution in [0.3, 0.4) is 0 Å². The second-order valence-electron chi connectivity index (χ2n) is 8.68. The van der Waals surface area contributed by atoms with Gasteiger partial charge >= 0.3 is 5.97 Å². The molecule has 0 spiro atoms. The van der Waals surface area contributed by atoms with E-state index in [2.05, 4.69) is 17.2 Å². The van der Waals surface area contributed by atoms with Gasteiger partial charge in [0.2, 0.25) is 0 Å². The van der Waals surface area contributed by atoms with Crippen LogP contribution >= 0.6 is 11.3 Å². The highest BCUT2D eigenvalue weighted by Crippen LogP contribution is 2.32. The number of piperidine rings is 1. The van der Waals surface area contributed by atoms with Gasteiger partial charge in [-0.1, -0.05) is 36.8 Å². The second kappa shape index (κ2) is 10.6. The molecular weight excluding hydrogens is 468 g/mol. The lowest BCUT2D eigenvalue weighted by Crippen LogP contribution is -2.34. The Balaban J connectivity index is 1.36. The van der Waals surface area contributed by atoms with Gasteiger partial charge in [0, 0.05) is 30.1 Å². The minimum Gasteiger partial charge on any atom is -0.452 e. The van der Waals surface area contributed by atoms with E-state index in [4.69, 9.17) is 4.74 Å². The zero-order valence-electron chi connectivity index (χ0n) is 19.5. The average Bonchev–Trinajstić information content (AvgIpc) is 3.31. The number of rotatable bonds is 7. The Morgan fingerprint density at radius 3 is 2.74 bits per heavy atom. The fourth-order valence-corrected chi connectivity index (χ4v) is 4.77. The van der Waals surface area contributed by atoms with Crippen LogP contribution in [0.25, 0.3) is 11.3 Å². The number of nitro benzene ring substituents is 1. The first-order valence-electron chi connectivity index (χ1n) is 11.3. The van der Waals surface area contributed by atoms with Gasteiger partial charge in [0.1, 0.15) is 5.69 Å². The van der Waals surface area contributed by atoms with Gasteiger partial charge in [-0.25, -0.2) is 9.78 Å². The summed E-state index contributed by atoms with van der Waals surface area (Å²) in [6.45, 7) is 5.05. The fraction of sp³-hybridized carbons (Fsp3) is 0.320. The molecule has 0 radical (unpaired) electrons. The van der Waals surface area contributed by atoms with Crippen LogP contribution in [0, 0.1) is 23.0 Å². The molecule has 1 atom stereocenters. The maximum absolute atomic E-state index is 12.5. The highest BCUT2D eigenvalue weighted by atomic mass is 32.1. The molecule has 35 heavy (non-hydrogen) atoms. The molecule has 2 aromatic carbocycles. The third kappa shape index (κ3) is 6.02. The molecule has 4 rings (SSSR count). The second-order valence-corrected chi connectivity index (χ2v) is 9.54. The summed E-state index contributed by atoms with van der Waals surface area (Å²) in [5.74, 6) is -0.907. The van der Waals surface area contributed by atoms with Gasteiger partial charge in [0.15, 0.2) is 11.7 Å². The number of carbonyl (C=O) groups is 2. The number of nitrogens with one attached hydrogen (secondary N) is 1. The molecule has 1 aliphatic rings. The van der Waals surface area contributed by atoms with Crippen molar-refractivity contribution in [3.05, 3.63) is 69.1 Å². The Labute approximate surface area is 206 Å². The Bertz CT molecular complexity index is 1240. The third-order valence-electron chi connectivity index (χ3n) is 5.84. The van der Waals surface area contributed by atoms with Crippen LogP contribution in [0.2, 0.25) is 0 Å². The first kappa shape index (κ1) is 24.3. The highest BCUT2D eigenvalue weighted by molar-refractivity contribution is 7.14. The Kier molecular flexibility index (Phi) is 7.40. The fourth-order valence-electron chi connectivity index (χ4n) is 4.03. The maximum atomic E-state index is 12.5. The predicted molar refractivity (Wildman–Crippen MR) is 135 cm³/mol. The van der Waals surface area contributed by atoms with Gasteiger partial charge in [0.25, 0.3) is 11.6 Å². The number of anilines is 2. The predicted octanol–water partition coefficient (Wildman–Crippen LogP) is 5.06. The van der Waals surface area contributed by atoms with Crippen LogP contribution < -0.4 is 10.2 Å². The minimum atomic E-state index is -0.804. The normalized spacial score (nSPS) is 15.5. The Morgan fingerprint density at radius 2 is 2.03 bits per heavy atom. The van der Waals surface area contributed by atoms with Crippen LogP contribution in [0.1, 0.15) is 35.7 Å². The van der Waals surface area contributed by atoms with Crippen LogP contribution in [-0.2, 0) is 9.53 Å². The van der Waals surface area contributed by atoms with Gasteiger partial charge in [-0.15, -0.1) is 11.3 Å². The number of carbonyl (C=O) groups excluding carboxylic acids is 2. The summed E-state index contributed by atoms with van der Waals surface area (Å²) >= 11 is 1.26. The van der Waals surface area contributed by atoms with Gasteiger partial charge in [-0.3, -0.25) is 20.2 Å². The van der Waals surface area contributed by atoms with Gasteiger partial charge in [0.05, 0.1) is 16.2 Å². The molecule has 182 valence electrons. The molecule has 1 aliphatic heterocycles. The number of nitrogens with zero attached hydrogens (tertiary/aromatic N) is 3. The van der Waals surface area contributed by atoms with Crippen molar-refractivity contribution >= 4 is 39.7 Å². The molecule has 1 unspecified atom stereocenters. The lowest BCUT2D eigenvalue weighted by atomic mass is 9.99. The van der Waals surface area contributed by atoms with Gasteiger partial charge in [-0.05, 0) is 37.8 Å². The molecule has 1 amide bonds. The number of nitro groups is 1. The SMILES string of the molecule is Cc1ccc(-c2csc(NC(=O)COC(=O)c3ccc(N4CCCC(C)C4)c([N+](=O)[O-])c3)n2)cc1. The maximum Gasteiger partial charge on any atom is 0.338 e. The molecule has 10 heteroatoms. The summed E-state index contributed by atoms with van der Waals surface area (Å²) in [5, 5.41) is 16.5. The van der Waals surface area contributed by atoms with E-state index in [1.54, 1.807) is 6.07 Å². The quantitative estimate of drug-likeness (QED) is 0.277. The molecule has 1 aromatic heterocycles. The van der Waals surface area contributed by atoms with Crippen LogP contribution in [0.5, 0.6) is 0 Å². The van der Waals surface area contributed by atoms with Crippen molar-refractivity contribution in [1.29, 1.82) is 0 Å². The van der Waals surface area contributed by atoms with Crippen LogP contribution in [0.4, 0.5) is 16.5 Å². The molecule has 1 fully saturated rings. The van der Waals surface area contributed by atoms with E-state index in [-0.39, 0.29) is 11.3 Å². The first-order chi connectivity index (χ1) is 16.8. The molecule has 1 saturated heterocycles. The van der Waals surface area contributed by atoms with Crippen LogP contribution in [0.15, 0.2) is 47.8 Å². The molecule has 3 aromatic rings. The van der Waals surface area contributed by atoms with Crippen molar-refractivity contribution in [1.82, 2.24) is 4.98 Å². The number of hydrogen-bond donors (Lipinski definition) is 1. The molecule has 2 heterocycles. The van der Waals surface area contributed by atoms with Crippen molar-refractivity contribution in [3.8, 4) is 11.3 Å². The summed E-state index contributed by atoms with van der Waals surface area (Å²) in [6.07, 6.45) is 2.05. The molecular formula is C25H26N4O5S. The number of esters is 1. The summed E-state index contributed by atoms with van der Waals surface area (Å²) in [4.78, 5) is 42.3. The third-order valence-corrected chi connectivity index (χ3v) is 6.60. The summed E-state index contributed by atoms with van der Waals surface area (Å²) < 4.78 is 5.09. The van der Waals surface area contributed by atoms with Gasteiger partial charge < -0.3 is 9.64 Å². The van der Waals surface area contributed by atoms with Gasteiger partial charge in [-0.2, -0.15) is 0 Å². The number of ether oxygens (including phenoxy) is 1. The zero-order chi connectivity index (χ0) is 24.9. The molecule has 9 nitrogen and oxygen atoms in total. The first-order valence-corrected chi connectivity index (χ1v) is 12.2. The number of benzene rings is 2. The molecule has 0 aliphatic carbocycles. The lowest BCUT2D eigenvalue weighted by molar-refractivity contribution is -0.384. The lowest BCUT2D eigenvalue weighted by Gasteiger charge is -2.32. The summed E-state index contributed by atoms with van der Waals surface area (Å²) in [5.41, 5.74) is 3.17. The van der Waals surface area contributed by atoms with E-state index in [9.17, 15) is 19.7 Å². The molecule has 1 N–H and O–H groups in total. The van der Waals surface area contributed by atoms with E-state index >= 15 is 0 Å². The number of aromatic nitrogens is 1. The van der Waals surface area contributed by atoms with Crippen LogP contribution in [-0.4, -0.2) is 41.5 Å². The zero-order valence-corrected chi connectivity index (χ0v) is 20.3. The topological polar surface area (TPSA) is 115 Å². The highest BCUT2D eigenvalue weighted by Gasteiger charge is 2.25. The number of thiazole rings is 1. The van der Waals surface area contributed by atoms with Crippen molar-refractivity contribution in [2.24, 2.45) is 5.92 Å². The minimum absolute atomic E-state index is 0.0224.